The Morgan fingerprint density at radius 3 is 2.52 bits per heavy atom. The SMILES string of the molecule is CCC(=O)Nc1ccc(C)cc1-c1nnc(SCC(=O)Nc2ccccc2F)[nH]c1=O. The summed E-state index contributed by atoms with van der Waals surface area (Å²) in [4.78, 5) is 39.0. The van der Waals surface area contributed by atoms with E-state index in [1.165, 1.54) is 18.2 Å². The summed E-state index contributed by atoms with van der Waals surface area (Å²) in [5, 5.41) is 13.3. The van der Waals surface area contributed by atoms with Gasteiger partial charge in [0.25, 0.3) is 5.56 Å². The van der Waals surface area contributed by atoms with E-state index in [4.69, 9.17) is 0 Å². The molecule has 10 heteroatoms. The molecule has 0 saturated heterocycles. The van der Waals surface area contributed by atoms with E-state index in [2.05, 4.69) is 25.8 Å². The standard InChI is InChI=1S/C21H20FN5O3S/c1-3-17(28)23-15-9-8-12(2)10-13(15)19-20(30)25-21(27-26-19)31-11-18(29)24-16-7-5-4-6-14(16)22/h4-10H,3,11H2,1-2H3,(H,23,28)(H,24,29)(H,25,27,30). The molecule has 1 heterocycles. The number of aromatic nitrogens is 3. The molecule has 0 spiro atoms. The smallest absolute Gasteiger partial charge is 0.278 e. The van der Waals surface area contributed by atoms with Gasteiger partial charge in [0.05, 0.1) is 17.1 Å². The maximum atomic E-state index is 13.6. The van der Waals surface area contributed by atoms with Gasteiger partial charge in [-0.3, -0.25) is 19.4 Å². The van der Waals surface area contributed by atoms with Gasteiger partial charge >= 0.3 is 0 Å². The van der Waals surface area contributed by atoms with Crippen molar-refractivity contribution in [1.29, 1.82) is 0 Å². The molecule has 1 aromatic heterocycles. The number of anilines is 2. The zero-order valence-corrected chi connectivity index (χ0v) is 17.7. The van der Waals surface area contributed by atoms with Crippen molar-refractivity contribution in [2.45, 2.75) is 25.4 Å². The van der Waals surface area contributed by atoms with Gasteiger partial charge in [0, 0.05) is 12.0 Å². The molecule has 0 aliphatic heterocycles. The lowest BCUT2D eigenvalue weighted by atomic mass is 10.1. The number of nitrogens with one attached hydrogen (secondary N) is 3. The van der Waals surface area contributed by atoms with E-state index in [0.29, 0.717) is 17.7 Å². The molecule has 3 N–H and O–H groups in total. The molecule has 0 aliphatic rings. The van der Waals surface area contributed by atoms with Crippen LogP contribution in [0.3, 0.4) is 0 Å². The molecular formula is C21H20FN5O3S. The number of rotatable bonds is 7. The molecule has 3 aromatic rings. The Kier molecular flexibility index (Phi) is 7.14. The van der Waals surface area contributed by atoms with Crippen LogP contribution in [-0.4, -0.2) is 32.7 Å². The van der Waals surface area contributed by atoms with Crippen LogP contribution in [0, 0.1) is 12.7 Å². The van der Waals surface area contributed by atoms with Crippen molar-refractivity contribution < 1.29 is 14.0 Å². The average molecular weight is 441 g/mol. The number of thioether (sulfide) groups is 1. The third-order valence-electron chi connectivity index (χ3n) is 4.19. The molecule has 31 heavy (non-hydrogen) atoms. The second kappa shape index (κ2) is 9.98. The third kappa shape index (κ3) is 5.76. The highest BCUT2D eigenvalue weighted by Crippen LogP contribution is 2.26. The number of carbonyl (C=O) groups is 2. The Labute approximate surface area is 181 Å². The minimum Gasteiger partial charge on any atom is -0.325 e. The van der Waals surface area contributed by atoms with Gasteiger partial charge in [0.2, 0.25) is 11.8 Å². The molecule has 2 aromatic carbocycles. The highest BCUT2D eigenvalue weighted by atomic mass is 32.2. The van der Waals surface area contributed by atoms with Gasteiger partial charge < -0.3 is 10.6 Å². The van der Waals surface area contributed by atoms with Crippen LogP contribution < -0.4 is 16.2 Å². The number of aryl methyl sites for hydroxylation is 1. The normalized spacial score (nSPS) is 10.5. The van der Waals surface area contributed by atoms with Gasteiger partial charge in [-0.15, -0.1) is 10.2 Å². The number of amides is 2. The number of H-pyrrole nitrogens is 1. The summed E-state index contributed by atoms with van der Waals surface area (Å²) >= 11 is 0.960. The molecular weight excluding hydrogens is 421 g/mol. The molecule has 160 valence electrons. The zero-order chi connectivity index (χ0) is 22.4. The lowest BCUT2D eigenvalue weighted by Crippen LogP contribution is -2.18. The zero-order valence-electron chi connectivity index (χ0n) is 16.9. The lowest BCUT2D eigenvalue weighted by Gasteiger charge is -2.11. The van der Waals surface area contributed by atoms with Crippen molar-refractivity contribution >= 4 is 35.0 Å². The molecule has 8 nitrogen and oxygen atoms in total. The van der Waals surface area contributed by atoms with Crippen LogP contribution in [0.1, 0.15) is 18.9 Å². The van der Waals surface area contributed by atoms with Crippen LogP contribution in [-0.2, 0) is 9.59 Å². The Morgan fingerprint density at radius 1 is 1.06 bits per heavy atom. The molecule has 2 amide bonds. The molecule has 0 unspecified atom stereocenters. The van der Waals surface area contributed by atoms with Gasteiger partial charge in [-0.25, -0.2) is 4.39 Å². The summed E-state index contributed by atoms with van der Waals surface area (Å²) in [6, 6.07) is 11.1. The molecule has 3 rings (SSSR count). The number of benzene rings is 2. The highest BCUT2D eigenvalue weighted by molar-refractivity contribution is 7.99. The summed E-state index contributed by atoms with van der Waals surface area (Å²) in [7, 11) is 0. The molecule has 0 atom stereocenters. The van der Waals surface area contributed by atoms with Crippen molar-refractivity contribution in [2.24, 2.45) is 0 Å². The topological polar surface area (TPSA) is 117 Å². The van der Waals surface area contributed by atoms with Crippen LogP contribution in [0.15, 0.2) is 52.4 Å². The maximum absolute atomic E-state index is 13.6. The molecule has 0 saturated carbocycles. The minimum absolute atomic E-state index is 0.0512. The van der Waals surface area contributed by atoms with E-state index in [9.17, 15) is 18.8 Å². The first kappa shape index (κ1) is 22.2. The summed E-state index contributed by atoms with van der Waals surface area (Å²) in [6.45, 7) is 3.58. The fraction of sp³-hybridized carbons (Fsp3) is 0.190. The number of nitrogens with zero attached hydrogens (tertiary/aromatic N) is 2. The van der Waals surface area contributed by atoms with Crippen LogP contribution in [0.25, 0.3) is 11.3 Å². The van der Waals surface area contributed by atoms with Crippen LogP contribution in [0.5, 0.6) is 0 Å². The monoisotopic (exact) mass is 441 g/mol. The van der Waals surface area contributed by atoms with Gasteiger partial charge in [0.15, 0.2) is 10.9 Å². The van der Waals surface area contributed by atoms with E-state index in [1.807, 2.05) is 13.0 Å². The Bertz CT molecular complexity index is 1180. The van der Waals surface area contributed by atoms with E-state index in [1.54, 1.807) is 25.1 Å². The number of carbonyl (C=O) groups excluding carboxylic acids is 2. The highest BCUT2D eigenvalue weighted by Gasteiger charge is 2.15. The van der Waals surface area contributed by atoms with Crippen molar-refractivity contribution in [3.8, 4) is 11.3 Å². The van der Waals surface area contributed by atoms with Crippen LogP contribution in [0.2, 0.25) is 0 Å². The second-order valence-corrected chi connectivity index (χ2v) is 7.54. The van der Waals surface area contributed by atoms with E-state index in [-0.39, 0.29) is 28.2 Å². The summed E-state index contributed by atoms with van der Waals surface area (Å²) < 4.78 is 13.6. The fourth-order valence-corrected chi connectivity index (χ4v) is 3.25. The van der Waals surface area contributed by atoms with Gasteiger partial charge in [-0.1, -0.05) is 42.4 Å². The molecule has 0 radical (unpaired) electrons. The predicted molar refractivity (Wildman–Crippen MR) is 118 cm³/mol. The first-order valence-corrected chi connectivity index (χ1v) is 10.4. The first-order chi connectivity index (χ1) is 14.9. The summed E-state index contributed by atoms with van der Waals surface area (Å²) in [5.74, 6) is -1.28. The van der Waals surface area contributed by atoms with Gasteiger partial charge in [-0.05, 0) is 31.2 Å². The van der Waals surface area contributed by atoms with Gasteiger partial charge in [0.1, 0.15) is 5.82 Å². The Morgan fingerprint density at radius 2 is 1.81 bits per heavy atom. The maximum Gasteiger partial charge on any atom is 0.278 e. The molecule has 0 fully saturated rings. The molecule has 0 bridgehead atoms. The fourth-order valence-electron chi connectivity index (χ4n) is 2.65. The largest absolute Gasteiger partial charge is 0.325 e. The minimum atomic E-state index is -0.539. The van der Waals surface area contributed by atoms with E-state index >= 15 is 0 Å². The van der Waals surface area contributed by atoms with Crippen LogP contribution in [0.4, 0.5) is 15.8 Å². The molecule has 0 aliphatic carbocycles. The van der Waals surface area contributed by atoms with Crippen molar-refractivity contribution in [2.75, 3.05) is 16.4 Å². The summed E-state index contributed by atoms with van der Waals surface area (Å²) in [6.07, 6.45) is 0.292. The quantitative estimate of drug-likeness (QED) is 0.484. The Balaban J connectivity index is 1.74. The number of aromatic amines is 1. The van der Waals surface area contributed by atoms with E-state index in [0.717, 1.165) is 17.3 Å². The average Bonchev–Trinajstić information content (AvgIpc) is 2.75. The van der Waals surface area contributed by atoms with Gasteiger partial charge in [-0.2, -0.15) is 0 Å². The van der Waals surface area contributed by atoms with Crippen molar-refractivity contribution in [1.82, 2.24) is 15.2 Å². The van der Waals surface area contributed by atoms with Crippen molar-refractivity contribution in [3.63, 3.8) is 0 Å². The second-order valence-electron chi connectivity index (χ2n) is 6.58. The van der Waals surface area contributed by atoms with Crippen LogP contribution >= 0.6 is 11.8 Å². The number of para-hydroxylation sites is 1. The predicted octanol–water partition coefficient (Wildman–Crippen LogP) is 3.36. The summed E-state index contributed by atoms with van der Waals surface area (Å²) in [5.41, 5.74) is 1.41. The number of halogens is 1. The van der Waals surface area contributed by atoms with Crippen molar-refractivity contribution in [3.05, 3.63) is 64.2 Å². The lowest BCUT2D eigenvalue weighted by molar-refractivity contribution is -0.116. The number of hydrogen-bond acceptors (Lipinski definition) is 6. The first-order valence-electron chi connectivity index (χ1n) is 9.42. The number of hydrogen-bond donors (Lipinski definition) is 3. The van der Waals surface area contributed by atoms with E-state index < -0.39 is 17.3 Å². The Hall–Kier alpha value is -3.53. The third-order valence-corrected chi connectivity index (χ3v) is 5.05.